The van der Waals surface area contributed by atoms with E-state index in [1.807, 2.05) is 31.4 Å². The fourth-order valence-electron chi connectivity index (χ4n) is 3.40. The second kappa shape index (κ2) is 8.47. The third-order valence-corrected chi connectivity index (χ3v) is 6.96. The van der Waals surface area contributed by atoms with Crippen LogP contribution in [0.25, 0.3) is 20.7 Å². The summed E-state index contributed by atoms with van der Waals surface area (Å²) in [6.45, 7) is 7.40. The zero-order chi connectivity index (χ0) is 20.4. The number of aryl methyl sites for hydroxylation is 2. The minimum Gasteiger partial charge on any atom is -0.493 e. The predicted molar refractivity (Wildman–Crippen MR) is 120 cm³/mol. The van der Waals surface area contributed by atoms with Gasteiger partial charge in [-0.25, -0.2) is 14.4 Å². The van der Waals surface area contributed by atoms with Gasteiger partial charge in [0.15, 0.2) is 0 Å². The molecule has 0 saturated heterocycles. The maximum absolute atomic E-state index is 13.9. The number of rotatable bonds is 7. The van der Waals surface area contributed by atoms with Gasteiger partial charge >= 0.3 is 0 Å². The molecule has 1 N–H and O–H groups in total. The Hall–Kier alpha value is -2.51. The fourth-order valence-corrected chi connectivity index (χ4v) is 5.35. The van der Waals surface area contributed by atoms with Crippen LogP contribution in [0.2, 0.25) is 0 Å². The van der Waals surface area contributed by atoms with Crippen LogP contribution in [-0.4, -0.2) is 23.1 Å². The van der Waals surface area contributed by atoms with Crippen molar-refractivity contribution in [1.29, 1.82) is 0 Å². The monoisotopic (exact) mass is 427 g/mol. The van der Waals surface area contributed by atoms with E-state index in [0.717, 1.165) is 39.5 Å². The second-order valence-electron chi connectivity index (χ2n) is 6.78. The smallest absolute Gasteiger partial charge is 0.130 e. The van der Waals surface area contributed by atoms with Gasteiger partial charge in [-0.05, 0) is 55.8 Å². The average Bonchev–Trinajstić information content (AvgIpc) is 3.28. The summed E-state index contributed by atoms with van der Waals surface area (Å²) in [6.07, 6.45) is 2.38. The summed E-state index contributed by atoms with van der Waals surface area (Å²) in [6, 6.07) is 7.20. The lowest BCUT2D eigenvalue weighted by Gasteiger charge is -2.07. The van der Waals surface area contributed by atoms with E-state index in [1.54, 1.807) is 41.1 Å². The van der Waals surface area contributed by atoms with E-state index in [0.29, 0.717) is 13.2 Å². The van der Waals surface area contributed by atoms with E-state index < -0.39 is 0 Å². The molecule has 0 fully saturated rings. The molecule has 29 heavy (non-hydrogen) atoms. The SMILES string of the molecule is CCOc1csc(-c2cc(NCCc3c(C)sc4c(C)cc(F)cc34)ncn2)c1. The summed E-state index contributed by atoms with van der Waals surface area (Å²) in [5, 5.41) is 6.39. The average molecular weight is 428 g/mol. The number of hydrogen-bond donors (Lipinski definition) is 1. The molecule has 0 unspecified atom stereocenters. The van der Waals surface area contributed by atoms with Crippen LogP contribution in [0.15, 0.2) is 36.0 Å². The van der Waals surface area contributed by atoms with Gasteiger partial charge in [-0.1, -0.05) is 0 Å². The third kappa shape index (κ3) is 4.26. The molecule has 0 aliphatic carbocycles. The molecule has 4 aromatic rings. The summed E-state index contributed by atoms with van der Waals surface area (Å²) >= 11 is 3.34. The van der Waals surface area contributed by atoms with Gasteiger partial charge in [0.05, 0.1) is 17.2 Å². The highest BCUT2D eigenvalue weighted by molar-refractivity contribution is 7.19. The van der Waals surface area contributed by atoms with Gasteiger partial charge in [-0.3, -0.25) is 0 Å². The first-order valence-corrected chi connectivity index (χ1v) is 11.2. The fraction of sp³-hybridized carbons (Fsp3) is 0.273. The maximum Gasteiger partial charge on any atom is 0.130 e. The Balaban J connectivity index is 1.48. The summed E-state index contributed by atoms with van der Waals surface area (Å²) in [7, 11) is 0. The predicted octanol–water partition coefficient (Wildman–Crippen LogP) is 6.23. The van der Waals surface area contributed by atoms with Crippen molar-refractivity contribution in [3.63, 3.8) is 0 Å². The molecule has 7 heteroatoms. The lowest BCUT2D eigenvalue weighted by Crippen LogP contribution is -2.07. The lowest BCUT2D eigenvalue weighted by molar-refractivity contribution is 0.342. The number of thiophene rings is 2. The molecule has 0 amide bonds. The third-order valence-electron chi connectivity index (χ3n) is 4.73. The van der Waals surface area contributed by atoms with Crippen LogP contribution in [-0.2, 0) is 6.42 Å². The normalized spacial score (nSPS) is 11.2. The van der Waals surface area contributed by atoms with Gasteiger partial charge in [0, 0.05) is 33.6 Å². The molecule has 0 aliphatic heterocycles. The number of ether oxygens (including phenoxy) is 1. The van der Waals surface area contributed by atoms with Gasteiger partial charge in [-0.15, -0.1) is 22.7 Å². The Labute approximate surface area is 177 Å². The number of fused-ring (bicyclic) bond motifs is 1. The van der Waals surface area contributed by atoms with Crippen molar-refractivity contribution in [2.75, 3.05) is 18.5 Å². The van der Waals surface area contributed by atoms with Gasteiger partial charge < -0.3 is 10.1 Å². The molecule has 4 nitrogen and oxygen atoms in total. The summed E-state index contributed by atoms with van der Waals surface area (Å²) < 4.78 is 20.6. The van der Waals surface area contributed by atoms with Crippen molar-refractivity contribution in [2.24, 2.45) is 0 Å². The van der Waals surface area contributed by atoms with E-state index in [-0.39, 0.29) is 5.82 Å². The Kier molecular flexibility index (Phi) is 5.78. The van der Waals surface area contributed by atoms with Crippen molar-refractivity contribution in [2.45, 2.75) is 27.2 Å². The van der Waals surface area contributed by atoms with Crippen LogP contribution < -0.4 is 10.1 Å². The number of nitrogens with one attached hydrogen (secondary N) is 1. The van der Waals surface area contributed by atoms with Gasteiger partial charge in [0.25, 0.3) is 0 Å². The Bertz CT molecular complexity index is 1150. The summed E-state index contributed by atoms with van der Waals surface area (Å²) in [4.78, 5) is 11.0. The van der Waals surface area contributed by atoms with Gasteiger partial charge in [-0.2, -0.15) is 0 Å². The second-order valence-corrected chi connectivity index (χ2v) is 8.92. The first-order valence-electron chi connectivity index (χ1n) is 9.51. The van der Waals surface area contributed by atoms with E-state index in [2.05, 4.69) is 22.2 Å². The number of halogens is 1. The molecule has 0 atom stereocenters. The van der Waals surface area contributed by atoms with Crippen LogP contribution in [0.5, 0.6) is 5.75 Å². The van der Waals surface area contributed by atoms with E-state index in [9.17, 15) is 4.39 Å². The molecule has 0 saturated carbocycles. The highest BCUT2D eigenvalue weighted by atomic mass is 32.1. The minimum absolute atomic E-state index is 0.176. The molecule has 0 radical (unpaired) electrons. The van der Waals surface area contributed by atoms with Gasteiger partial charge in [0.1, 0.15) is 23.7 Å². The van der Waals surface area contributed by atoms with E-state index in [4.69, 9.17) is 4.74 Å². The largest absolute Gasteiger partial charge is 0.493 e. The molecule has 1 aromatic carbocycles. The number of benzene rings is 1. The maximum atomic E-state index is 13.9. The first-order chi connectivity index (χ1) is 14.0. The highest BCUT2D eigenvalue weighted by Crippen LogP contribution is 2.34. The number of anilines is 1. The van der Waals surface area contributed by atoms with Gasteiger partial charge in [0.2, 0.25) is 0 Å². The van der Waals surface area contributed by atoms with Crippen LogP contribution in [0.3, 0.4) is 0 Å². The molecular formula is C22H22FN3OS2. The lowest BCUT2D eigenvalue weighted by atomic mass is 10.1. The molecule has 0 spiro atoms. The zero-order valence-corrected chi connectivity index (χ0v) is 18.2. The summed E-state index contributed by atoms with van der Waals surface area (Å²) in [5.41, 5.74) is 3.07. The standard InChI is InChI=1S/C22H22FN3OS2/c1-4-27-16-9-20(28-11-16)19-10-21(26-12-25-19)24-6-5-17-14(3)29-22-13(2)7-15(23)8-18(17)22/h7-12H,4-6H2,1-3H3,(H,24,25,26). The Morgan fingerprint density at radius 1 is 1.14 bits per heavy atom. The van der Waals surface area contributed by atoms with Crippen molar-refractivity contribution >= 4 is 38.6 Å². The molecule has 0 aliphatic rings. The Morgan fingerprint density at radius 3 is 2.83 bits per heavy atom. The highest BCUT2D eigenvalue weighted by Gasteiger charge is 2.12. The number of nitrogens with zero attached hydrogens (tertiary/aromatic N) is 2. The molecule has 3 heterocycles. The van der Waals surface area contributed by atoms with Crippen molar-refractivity contribution < 1.29 is 9.13 Å². The van der Waals surface area contributed by atoms with E-state index >= 15 is 0 Å². The molecule has 0 bridgehead atoms. The minimum atomic E-state index is -0.176. The van der Waals surface area contributed by atoms with Crippen molar-refractivity contribution in [3.05, 3.63) is 57.8 Å². The summed E-state index contributed by atoms with van der Waals surface area (Å²) in [5.74, 6) is 1.47. The van der Waals surface area contributed by atoms with Crippen LogP contribution >= 0.6 is 22.7 Å². The molecule has 3 aromatic heterocycles. The van der Waals surface area contributed by atoms with Crippen LogP contribution in [0.1, 0.15) is 22.9 Å². The quantitative estimate of drug-likeness (QED) is 0.380. The molecule has 4 rings (SSSR count). The number of aromatic nitrogens is 2. The van der Waals surface area contributed by atoms with E-state index in [1.165, 1.54) is 15.1 Å². The number of hydrogen-bond acceptors (Lipinski definition) is 6. The topological polar surface area (TPSA) is 47.0 Å². The Morgan fingerprint density at radius 2 is 2.00 bits per heavy atom. The zero-order valence-electron chi connectivity index (χ0n) is 16.6. The molecule has 150 valence electrons. The van der Waals surface area contributed by atoms with Crippen molar-refractivity contribution in [1.82, 2.24) is 9.97 Å². The van der Waals surface area contributed by atoms with Crippen LogP contribution in [0, 0.1) is 19.7 Å². The molecular weight excluding hydrogens is 405 g/mol. The first kappa shape index (κ1) is 19.8. The van der Waals surface area contributed by atoms with Crippen LogP contribution in [0.4, 0.5) is 10.2 Å². The van der Waals surface area contributed by atoms with Crippen molar-refractivity contribution in [3.8, 4) is 16.3 Å².